The number of thiophene rings is 1. The van der Waals surface area contributed by atoms with Gasteiger partial charge in [0, 0.05) is 4.88 Å². The summed E-state index contributed by atoms with van der Waals surface area (Å²) in [6.07, 6.45) is 6.79. The number of carbonyl (C=O) groups is 1. The number of ether oxygens (including phenoxy) is 2. The number of carbonyl (C=O) groups excluding carboxylic acids is 1. The Morgan fingerprint density at radius 1 is 1.19 bits per heavy atom. The van der Waals surface area contributed by atoms with Crippen LogP contribution in [-0.4, -0.2) is 23.8 Å². The summed E-state index contributed by atoms with van der Waals surface area (Å²) in [4.78, 5) is 24.9. The lowest BCUT2D eigenvalue weighted by atomic mass is 10.1. The second kappa shape index (κ2) is 7.36. The van der Waals surface area contributed by atoms with Gasteiger partial charge in [-0.25, -0.2) is 5.43 Å². The molecule has 1 amide bonds. The molecule has 0 saturated carbocycles. The Hall–Kier alpha value is -2.94. The third-order valence-electron chi connectivity index (χ3n) is 4.56. The van der Waals surface area contributed by atoms with Crippen molar-refractivity contribution in [1.82, 2.24) is 5.43 Å². The first-order chi connectivity index (χ1) is 13.1. The zero-order valence-corrected chi connectivity index (χ0v) is 15.2. The zero-order chi connectivity index (χ0) is 18.8. The summed E-state index contributed by atoms with van der Waals surface area (Å²) in [6.45, 7) is 0.0207. The number of nitrogens with one attached hydrogen (secondary N) is 1. The molecule has 1 aromatic heterocycles. The molecule has 2 aliphatic rings. The van der Waals surface area contributed by atoms with Gasteiger partial charge >= 0.3 is 0 Å². The van der Waals surface area contributed by atoms with Crippen molar-refractivity contribution in [2.45, 2.75) is 32.1 Å². The molecular formula is C18H17N3O5S. The molecule has 1 aliphatic heterocycles. The molecule has 2 aromatic rings. The van der Waals surface area contributed by atoms with Gasteiger partial charge in [0.25, 0.3) is 11.6 Å². The first kappa shape index (κ1) is 17.5. The van der Waals surface area contributed by atoms with Crippen molar-refractivity contribution >= 4 is 29.1 Å². The van der Waals surface area contributed by atoms with E-state index in [9.17, 15) is 14.9 Å². The van der Waals surface area contributed by atoms with E-state index < -0.39 is 4.92 Å². The smallest absolute Gasteiger partial charge is 0.282 e. The van der Waals surface area contributed by atoms with E-state index in [0.717, 1.165) is 25.7 Å². The summed E-state index contributed by atoms with van der Waals surface area (Å²) in [5.74, 6) is 0.422. The molecule has 0 atom stereocenters. The highest BCUT2D eigenvalue weighted by molar-refractivity contribution is 7.14. The van der Waals surface area contributed by atoms with Gasteiger partial charge in [0.2, 0.25) is 6.79 Å². The van der Waals surface area contributed by atoms with Crippen LogP contribution in [0, 0.1) is 10.1 Å². The van der Waals surface area contributed by atoms with Gasteiger partial charge in [-0.05, 0) is 43.4 Å². The fraction of sp³-hybridized carbons (Fsp3) is 0.333. The molecule has 140 valence electrons. The molecule has 0 unspecified atom stereocenters. The Bertz CT molecular complexity index is 914. The highest BCUT2D eigenvalue weighted by Crippen LogP contribution is 2.37. The van der Waals surface area contributed by atoms with Crippen molar-refractivity contribution in [2.24, 2.45) is 5.10 Å². The van der Waals surface area contributed by atoms with Gasteiger partial charge in [-0.2, -0.15) is 5.10 Å². The van der Waals surface area contributed by atoms with E-state index in [1.807, 2.05) is 6.07 Å². The number of amides is 1. The van der Waals surface area contributed by atoms with Gasteiger partial charge < -0.3 is 9.47 Å². The molecule has 8 nitrogen and oxygen atoms in total. The lowest BCUT2D eigenvalue weighted by Gasteiger charge is -2.01. The highest BCUT2D eigenvalue weighted by atomic mass is 32.1. The van der Waals surface area contributed by atoms with Gasteiger partial charge in [0.05, 0.1) is 27.6 Å². The third kappa shape index (κ3) is 3.63. The van der Waals surface area contributed by atoms with Crippen molar-refractivity contribution in [3.05, 3.63) is 49.2 Å². The number of hydrazone groups is 1. The normalized spacial score (nSPS) is 15.4. The highest BCUT2D eigenvalue weighted by Gasteiger charge is 2.22. The first-order valence-corrected chi connectivity index (χ1v) is 9.46. The van der Waals surface area contributed by atoms with Crippen LogP contribution in [0.1, 0.15) is 44.9 Å². The van der Waals surface area contributed by atoms with E-state index in [4.69, 9.17) is 9.47 Å². The summed E-state index contributed by atoms with van der Waals surface area (Å²) in [5, 5.41) is 15.1. The fourth-order valence-electron chi connectivity index (χ4n) is 3.20. The average molecular weight is 387 g/mol. The van der Waals surface area contributed by atoms with Crippen LogP contribution >= 0.6 is 11.3 Å². The molecule has 2 heterocycles. The number of hydrogen-bond donors (Lipinski definition) is 1. The molecule has 0 fully saturated rings. The van der Waals surface area contributed by atoms with E-state index in [1.54, 1.807) is 0 Å². The summed E-state index contributed by atoms with van der Waals surface area (Å²) >= 11 is 1.50. The van der Waals surface area contributed by atoms with E-state index in [1.165, 1.54) is 46.5 Å². The van der Waals surface area contributed by atoms with Gasteiger partial charge in [0.1, 0.15) is 0 Å². The summed E-state index contributed by atoms with van der Waals surface area (Å²) < 4.78 is 10.4. The third-order valence-corrected chi connectivity index (χ3v) is 5.79. The maximum Gasteiger partial charge on any atom is 0.282 e. The average Bonchev–Trinajstić information content (AvgIpc) is 3.22. The van der Waals surface area contributed by atoms with E-state index >= 15 is 0 Å². The second-order valence-corrected chi connectivity index (χ2v) is 7.48. The number of nitro groups is 1. The minimum atomic E-state index is -0.526. The predicted octanol–water partition coefficient (Wildman–Crippen LogP) is 3.42. The van der Waals surface area contributed by atoms with Gasteiger partial charge in [-0.3, -0.25) is 14.9 Å². The Labute approximate surface area is 158 Å². The number of hydrogen-bond acceptors (Lipinski definition) is 7. The lowest BCUT2D eigenvalue weighted by molar-refractivity contribution is -0.385. The maximum atomic E-state index is 12.4. The molecule has 0 spiro atoms. The van der Waals surface area contributed by atoms with Crippen molar-refractivity contribution < 1.29 is 19.2 Å². The summed E-state index contributed by atoms with van der Waals surface area (Å²) in [5.41, 5.74) is 3.76. The molecule has 1 aliphatic carbocycles. The topological polar surface area (TPSA) is 103 Å². The molecule has 4 rings (SSSR count). The quantitative estimate of drug-likeness (QED) is 0.375. The second-order valence-electron chi connectivity index (χ2n) is 6.34. The number of nitrogens with zero attached hydrogens (tertiary/aromatic N) is 2. The molecular weight excluding hydrogens is 370 g/mol. The van der Waals surface area contributed by atoms with Crippen molar-refractivity contribution in [1.29, 1.82) is 0 Å². The van der Waals surface area contributed by atoms with Gasteiger partial charge in [-0.1, -0.05) is 6.42 Å². The van der Waals surface area contributed by atoms with Crippen LogP contribution in [0.5, 0.6) is 11.5 Å². The number of rotatable bonds is 4. The van der Waals surface area contributed by atoms with Crippen LogP contribution in [0.3, 0.4) is 0 Å². The Balaban J connectivity index is 1.49. The van der Waals surface area contributed by atoms with Crippen LogP contribution in [0.4, 0.5) is 5.69 Å². The van der Waals surface area contributed by atoms with Crippen molar-refractivity contribution in [3.8, 4) is 11.5 Å². The lowest BCUT2D eigenvalue weighted by Crippen LogP contribution is -2.16. The Kier molecular flexibility index (Phi) is 4.76. The zero-order valence-electron chi connectivity index (χ0n) is 14.4. The van der Waals surface area contributed by atoms with Gasteiger partial charge in [0.15, 0.2) is 11.5 Å². The summed E-state index contributed by atoms with van der Waals surface area (Å²) in [6, 6.07) is 4.70. The fourth-order valence-corrected chi connectivity index (χ4v) is 4.35. The summed E-state index contributed by atoms with van der Waals surface area (Å²) in [7, 11) is 0. The Morgan fingerprint density at radius 3 is 2.78 bits per heavy atom. The van der Waals surface area contributed by atoms with Crippen LogP contribution in [0.2, 0.25) is 0 Å². The Morgan fingerprint density at radius 2 is 1.96 bits per heavy atom. The molecule has 1 aromatic carbocycles. The molecule has 0 saturated heterocycles. The number of fused-ring (bicyclic) bond motifs is 2. The SMILES string of the molecule is O=C(N/N=C\c1cc2c(cc1[N+](=O)[O-])OCO2)c1cc2c(s1)CCCCC2. The monoisotopic (exact) mass is 387 g/mol. The first-order valence-electron chi connectivity index (χ1n) is 8.65. The molecule has 1 N–H and O–H groups in total. The molecule has 0 radical (unpaired) electrons. The maximum absolute atomic E-state index is 12.4. The van der Waals surface area contributed by atoms with E-state index in [0.29, 0.717) is 16.4 Å². The number of nitro benzene ring substituents is 1. The van der Waals surface area contributed by atoms with Crippen molar-refractivity contribution in [2.75, 3.05) is 6.79 Å². The number of aryl methyl sites for hydroxylation is 2. The predicted molar refractivity (Wildman–Crippen MR) is 99.9 cm³/mol. The van der Waals surface area contributed by atoms with Crippen molar-refractivity contribution in [3.63, 3.8) is 0 Å². The van der Waals surface area contributed by atoms with E-state index in [-0.39, 0.29) is 24.0 Å². The van der Waals surface area contributed by atoms with Gasteiger partial charge in [-0.15, -0.1) is 11.3 Å². The molecule has 9 heteroatoms. The molecule has 27 heavy (non-hydrogen) atoms. The minimum Gasteiger partial charge on any atom is -0.454 e. The number of benzene rings is 1. The van der Waals surface area contributed by atoms with Crippen LogP contribution in [-0.2, 0) is 12.8 Å². The van der Waals surface area contributed by atoms with Crippen LogP contribution in [0.25, 0.3) is 0 Å². The van der Waals surface area contributed by atoms with E-state index in [2.05, 4.69) is 10.5 Å². The van der Waals surface area contributed by atoms with Crippen LogP contribution in [0.15, 0.2) is 23.3 Å². The largest absolute Gasteiger partial charge is 0.454 e. The van der Waals surface area contributed by atoms with Crippen LogP contribution < -0.4 is 14.9 Å². The minimum absolute atomic E-state index is 0.0207. The standard InChI is InChI=1S/C18H17N3O5S/c22-18(17-7-11-4-2-1-3-5-16(11)27-17)20-19-9-12-6-14-15(26-10-25-14)8-13(12)21(23)24/h6-9H,1-5,10H2,(H,20,22)/b19-9-. The molecule has 0 bridgehead atoms.